The normalized spacial score (nSPS) is 10.2. The Balaban J connectivity index is 2.28. The Kier molecular flexibility index (Phi) is 3.62. The number of nitrogens with one attached hydrogen (secondary N) is 1. The van der Waals surface area contributed by atoms with Crippen LogP contribution in [0.2, 0.25) is 0 Å². The third kappa shape index (κ3) is 2.79. The predicted octanol–water partition coefficient (Wildman–Crippen LogP) is 2.69. The van der Waals surface area contributed by atoms with Gasteiger partial charge in [0.05, 0.1) is 11.3 Å². The van der Waals surface area contributed by atoms with Gasteiger partial charge in [-0.05, 0) is 46.3 Å². The molecule has 19 heavy (non-hydrogen) atoms. The van der Waals surface area contributed by atoms with Crippen molar-refractivity contribution in [2.45, 2.75) is 0 Å². The van der Waals surface area contributed by atoms with E-state index in [9.17, 15) is 15.0 Å². The topological polar surface area (TPSA) is 95.6 Å². The molecule has 6 heteroatoms. The molecule has 0 fully saturated rings. The lowest BCUT2D eigenvalue weighted by Gasteiger charge is -2.09. The molecule has 5 N–H and O–H groups in total. The number of amides is 1. The highest BCUT2D eigenvalue weighted by Crippen LogP contribution is 2.30. The van der Waals surface area contributed by atoms with E-state index in [0.717, 1.165) is 0 Å². The molecule has 0 spiro atoms. The molecule has 0 atom stereocenters. The van der Waals surface area contributed by atoms with E-state index in [2.05, 4.69) is 21.2 Å². The van der Waals surface area contributed by atoms with Crippen LogP contribution in [-0.4, -0.2) is 16.1 Å². The van der Waals surface area contributed by atoms with Gasteiger partial charge < -0.3 is 21.3 Å². The first-order valence-corrected chi connectivity index (χ1v) is 6.15. The fourth-order valence-electron chi connectivity index (χ4n) is 1.54. The summed E-state index contributed by atoms with van der Waals surface area (Å²) in [6.45, 7) is 0. The van der Waals surface area contributed by atoms with Crippen LogP contribution in [0.5, 0.6) is 11.5 Å². The number of phenolic OH excluding ortho intramolecular Hbond substituents is 2. The number of aromatic hydroxyl groups is 2. The lowest BCUT2D eigenvalue weighted by molar-refractivity contribution is 0.102. The van der Waals surface area contributed by atoms with Crippen molar-refractivity contribution in [2.24, 2.45) is 0 Å². The fraction of sp³-hybridized carbons (Fsp3) is 0. The fourth-order valence-corrected chi connectivity index (χ4v) is 2.03. The second kappa shape index (κ2) is 5.19. The van der Waals surface area contributed by atoms with Crippen LogP contribution in [-0.2, 0) is 0 Å². The molecule has 2 aromatic rings. The summed E-state index contributed by atoms with van der Waals surface area (Å²) in [4.78, 5) is 12.0. The van der Waals surface area contributed by atoms with Crippen molar-refractivity contribution in [1.82, 2.24) is 0 Å². The third-order valence-corrected chi connectivity index (χ3v) is 3.16. The highest BCUT2D eigenvalue weighted by molar-refractivity contribution is 9.10. The lowest BCUT2D eigenvalue weighted by atomic mass is 10.1. The van der Waals surface area contributed by atoms with Gasteiger partial charge in [0.15, 0.2) is 11.5 Å². The molecule has 0 unspecified atom stereocenters. The van der Waals surface area contributed by atoms with Crippen molar-refractivity contribution in [3.8, 4) is 11.5 Å². The van der Waals surface area contributed by atoms with Gasteiger partial charge in [0.1, 0.15) is 0 Å². The summed E-state index contributed by atoms with van der Waals surface area (Å²) < 4.78 is 0.625. The molecule has 2 rings (SSSR count). The molecular weight excluding hydrogens is 312 g/mol. The molecule has 98 valence electrons. The first-order chi connectivity index (χ1) is 8.99. The summed E-state index contributed by atoms with van der Waals surface area (Å²) in [5.74, 6) is -1.32. The van der Waals surface area contributed by atoms with Gasteiger partial charge in [0.2, 0.25) is 0 Å². The smallest absolute Gasteiger partial charge is 0.259 e. The second-order valence-electron chi connectivity index (χ2n) is 3.87. The van der Waals surface area contributed by atoms with Crippen molar-refractivity contribution >= 4 is 33.2 Å². The third-order valence-electron chi connectivity index (χ3n) is 2.50. The summed E-state index contributed by atoms with van der Waals surface area (Å²) in [5, 5.41) is 21.6. The van der Waals surface area contributed by atoms with Crippen molar-refractivity contribution in [3.05, 3.63) is 46.4 Å². The average molecular weight is 323 g/mol. The van der Waals surface area contributed by atoms with E-state index < -0.39 is 11.7 Å². The molecule has 0 radical (unpaired) electrons. The number of carbonyl (C=O) groups is 1. The highest BCUT2D eigenvalue weighted by atomic mass is 79.9. The van der Waals surface area contributed by atoms with E-state index in [0.29, 0.717) is 15.8 Å². The van der Waals surface area contributed by atoms with Crippen molar-refractivity contribution in [2.75, 3.05) is 11.1 Å². The SMILES string of the molecule is Nc1ccc(NC(=O)c2cccc(O)c2O)c(Br)c1. The molecular formula is C13H11BrN2O3. The maximum atomic E-state index is 12.0. The second-order valence-corrected chi connectivity index (χ2v) is 4.72. The molecule has 2 aromatic carbocycles. The van der Waals surface area contributed by atoms with Gasteiger partial charge in [-0.3, -0.25) is 4.79 Å². The zero-order valence-corrected chi connectivity index (χ0v) is 11.3. The molecule has 0 saturated heterocycles. The zero-order chi connectivity index (χ0) is 14.0. The first-order valence-electron chi connectivity index (χ1n) is 5.36. The molecule has 1 amide bonds. The van der Waals surface area contributed by atoms with Crippen LogP contribution in [0, 0.1) is 0 Å². The number of rotatable bonds is 2. The number of benzene rings is 2. The van der Waals surface area contributed by atoms with Crippen LogP contribution in [0.15, 0.2) is 40.9 Å². The zero-order valence-electron chi connectivity index (χ0n) is 9.72. The van der Waals surface area contributed by atoms with Gasteiger partial charge >= 0.3 is 0 Å². The number of hydrogen-bond acceptors (Lipinski definition) is 4. The molecule has 0 heterocycles. The van der Waals surface area contributed by atoms with Gasteiger partial charge in [0.25, 0.3) is 5.91 Å². The quantitative estimate of drug-likeness (QED) is 0.505. The van der Waals surface area contributed by atoms with E-state index in [1.807, 2.05) is 0 Å². The van der Waals surface area contributed by atoms with Crippen LogP contribution < -0.4 is 11.1 Å². The van der Waals surface area contributed by atoms with E-state index in [4.69, 9.17) is 5.73 Å². The number of halogens is 1. The Hall–Kier alpha value is -2.21. The maximum Gasteiger partial charge on any atom is 0.259 e. The van der Waals surface area contributed by atoms with Crippen LogP contribution in [0.1, 0.15) is 10.4 Å². The van der Waals surface area contributed by atoms with Gasteiger partial charge in [-0.1, -0.05) is 6.07 Å². The number of hydrogen-bond donors (Lipinski definition) is 4. The minimum absolute atomic E-state index is 0.0104. The van der Waals surface area contributed by atoms with Gasteiger partial charge in [0, 0.05) is 10.2 Å². The maximum absolute atomic E-state index is 12.0. The highest BCUT2D eigenvalue weighted by Gasteiger charge is 2.14. The monoisotopic (exact) mass is 322 g/mol. The number of carbonyl (C=O) groups excluding carboxylic acids is 1. The van der Waals surface area contributed by atoms with Crippen LogP contribution in [0.4, 0.5) is 11.4 Å². The van der Waals surface area contributed by atoms with Crippen molar-refractivity contribution in [3.63, 3.8) is 0 Å². The first kappa shape index (κ1) is 13.2. The number of nitrogens with two attached hydrogens (primary N) is 1. The molecule has 0 saturated carbocycles. The summed E-state index contributed by atoms with van der Waals surface area (Å²) in [7, 11) is 0. The van der Waals surface area contributed by atoms with Crippen molar-refractivity contribution < 1.29 is 15.0 Å². The average Bonchev–Trinajstić information content (AvgIpc) is 2.36. The molecule has 0 aliphatic rings. The molecule has 5 nitrogen and oxygen atoms in total. The standard InChI is InChI=1S/C13H11BrN2O3/c14-9-6-7(15)4-5-10(9)16-13(19)8-2-1-3-11(17)12(8)18/h1-6,17-18H,15H2,(H,16,19). The van der Waals surface area contributed by atoms with Crippen LogP contribution in [0.3, 0.4) is 0 Å². The van der Waals surface area contributed by atoms with Gasteiger partial charge in [-0.2, -0.15) is 0 Å². The van der Waals surface area contributed by atoms with Gasteiger partial charge in [-0.25, -0.2) is 0 Å². The number of nitrogen functional groups attached to an aromatic ring is 1. The minimum Gasteiger partial charge on any atom is -0.504 e. The van der Waals surface area contributed by atoms with Crippen LogP contribution in [0.25, 0.3) is 0 Å². The Morgan fingerprint density at radius 2 is 1.95 bits per heavy atom. The largest absolute Gasteiger partial charge is 0.504 e. The molecule has 0 aliphatic carbocycles. The van der Waals surface area contributed by atoms with E-state index in [1.165, 1.54) is 18.2 Å². The van der Waals surface area contributed by atoms with E-state index in [1.54, 1.807) is 18.2 Å². The Bertz CT molecular complexity index is 644. The predicted molar refractivity (Wildman–Crippen MR) is 76.3 cm³/mol. The Morgan fingerprint density at radius 3 is 2.63 bits per heavy atom. The molecule has 0 aromatic heterocycles. The summed E-state index contributed by atoms with van der Waals surface area (Å²) in [6, 6.07) is 9.11. The summed E-state index contributed by atoms with van der Waals surface area (Å²) >= 11 is 3.27. The summed E-state index contributed by atoms with van der Waals surface area (Å²) in [5.41, 5.74) is 6.66. The summed E-state index contributed by atoms with van der Waals surface area (Å²) in [6.07, 6.45) is 0. The van der Waals surface area contributed by atoms with E-state index >= 15 is 0 Å². The molecule has 0 bridgehead atoms. The number of para-hydroxylation sites is 1. The Morgan fingerprint density at radius 1 is 1.21 bits per heavy atom. The molecule has 0 aliphatic heterocycles. The van der Waals surface area contributed by atoms with Crippen molar-refractivity contribution in [1.29, 1.82) is 0 Å². The Labute approximate surface area is 117 Å². The minimum atomic E-state index is -0.529. The van der Waals surface area contributed by atoms with Gasteiger partial charge in [-0.15, -0.1) is 0 Å². The van der Waals surface area contributed by atoms with E-state index in [-0.39, 0.29) is 11.3 Å². The van der Waals surface area contributed by atoms with Crippen LogP contribution >= 0.6 is 15.9 Å². The lowest BCUT2D eigenvalue weighted by Crippen LogP contribution is -2.12. The number of phenols is 2. The number of anilines is 2.